The van der Waals surface area contributed by atoms with E-state index in [-0.39, 0.29) is 49.6 Å². The average molecular weight is 862 g/mol. The Hall–Kier alpha value is -4.68. The minimum Gasteiger partial charge on any atom is -0.465 e. The van der Waals surface area contributed by atoms with Gasteiger partial charge in [0.15, 0.2) is 5.78 Å². The highest BCUT2D eigenvalue weighted by Crippen LogP contribution is 2.28. The lowest BCUT2D eigenvalue weighted by molar-refractivity contribution is 0.0600. The Bertz CT molecular complexity index is 2060. The van der Waals surface area contributed by atoms with E-state index in [1.165, 1.54) is 15.7 Å². The molecule has 60 heavy (non-hydrogen) atoms. The maximum Gasteiger partial charge on any atom is 0.337 e. The highest BCUT2D eigenvalue weighted by Gasteiger charge is 2.39. The topological polar surface area (TPSA) is 157 Å². The molecule has 4 atom stereocenters. The number of hydrogen-bond donors (Lipinski definition) is 1. The number of Topliss-reactive ketones (excluding diaryl/α,β-unsaturated/α-hetero) is 1. The number of ether oxygens (including phenoxy) is 1. The van der Waals surface area contributed by atoms with Gasteiger partial charge in [0.2, 0.25) is 0 Å². The molecule has 0 aromatic heterocycles. The second-order valence-corrected chi connectivity index (χ2v) is 19.3. The molecule has 0 amide bonds. The molecule has 4 aromatic carbocycles. The van der Waals surface area contributed by atoms with Gasteiger partial charge < -0.3 is 10.5 Å². The van der Waals surface area contributed by atoms with Gasteiger partial charge in [0, 0.05) is 55.9 Å². The van der Waals surface area contributed by atoms with Crippen LogP contribution in [-0.4, -0.2) is 125 Å². The predicted octanol–water partition coefficient (Wildman–Crippen LogP) is 4.85. The molecule has 2 aliphatic heterocycles. The molecule has 6 rings (SSSR count). The molecule has 0 radical (unpaired) electrons. The van der Waals surface area contributed by atoms with Crippen LogP contribution in [0.3, 0.4) is 0 Å². The Morgan fingerprint density at radius 2 is 0.917 bits per heavy atom. The summed E-state index contributed by atoms with van der Waals surface area (Å²) in [4.78, 5) is 27.9. The van der Waals surface area contributed by atoms with Crippen molar-refractivity contribution in [2.75, 3.05) is 62.5 Å². The van der Waals surface area contributed by atoms with E-state index in [4.69, 9.17) is 10.5 Å². The molecule has 2 heterocycles. The second-order valence-electron chi connectivity index (χ2n) is 15.6. The Labute approximate surface area is 356 Å². The first-order valence-electron chi connectivity index (χ1n) is 20.1. The van der Waals surface area contributed by atoms with Crippen molar-refractivity contribution in [2.45, 2.75) is 65.0 Å². The van der Waals surface area contributed by atoms with Crippen molar-refractivity contribution in [3.05, 3.63) is 131 Å². The third kappa shape index (κ3) is 11.0. The number of methoxy groups -OCH3 is 1. The molecule has 2 aliphatic rings. The molecular formula is C44H59N7O7S2. The number of piperazine rings is 2. The summed E-state index contributed by atoms with van der Waals surface area (Å²) in [5.41, 5.74) is 9.17. The lowest BCUT2D eigenvalue weighted by atomic mass is 10.1. The van der Waals surface area contributed by atoms with Crippen molar-refractivity contribution in [3.63, 3.8) is 0 Å². The number of hydrogen-bond acceptors (Lipinski definition) is 10. The standard InChI is InChI=1S/C22H30N4O3S.C22H29N3O4S/c1-17-14-25(15-18(2)24(17)3)30(28,29)26(21-7-5-4-6-8-21)16-19-9-11-20(12-10-19)22(27)13-23;1-17-14-24(15-18(2)23(17)3)30(27,28)25(21-8-6-5-7-9-21)16-19-10-12-20(13-11-19)22(26)29-4/h4-12,17-18H,13-16,23H2,1-3H3;5-13,17-18H,14-16H2,1-4H3/t2*17-,18+. The van der Waals surface area contributed by atoms with E-state index in [0.717, 1.165) is 11.1 Å². The van der Waals surface area contributed by atoms with E-state index in [2.05, 4.69) is 9.80 Å². The van der Waals surface area contributed by atoms with Gasteiger partial charge in [0.05, 0.1) is 43.7 Å². The Balaban J connectivity index is 0.000000228. The van der Waals surface area contributed by atoms with Crippen LogP contribution in [0.15, 0.2) is 109 Å². The van der Waals surface area contributed by atoms with Crippen molar-refractivity contribution in [1.29, 1.82) is 0 Å². The maximum atomic E-state index is 13.7. The monoisotopic (exact) mass is 861 g/mol. The predicted molar refractivity (Wildman–Crippen MR) is 237 cm³/mol. The van der Waals surface area contributed by atoms with Gasteiger partial charge in [-0.15, -0.1) is 0 Å². The minimum absolute atomic E-state index is 0.0519. The molecule has 0 aliphatic carbocycles. The molecule has 0 saturated carbocycles. The second kappa shape index (κ2) is 20.3. The molecule has 2 N–H and O–H groups in total. The molecule has 0 spiro atoms. The average Bonchev–Trinajstić information content (AvgIpc) is 3.25. The first-order valence-corrected chi connectivity index (χ1v) is 22.9. The molecular weight excluding hydrogens is 803 g/mol. The van der Waals surface area contributed by atoms with E-state index < -0.39 is 26.4 Å². The summed E-state index contributed by atoms with van der Waals surface area (Å²) in [5.74, 6) is -0.566. The molecule has 324 valence electrons. The number of ketones is 1. The van der Waals surface area contributed by atoms with Gasteiger partial charge in [-0.3, -0.25) is 23.2 Å². The van der Waals surface area contributed by atoms with Crippen LogP contribution in [0.5, 0.6) is 0 Å². The zero-order valence-electron chi connectivity index (χ0n) is 35.6. The van der Waals surface area contributed by atoms with Crippen molar-refractivity contribution in [1.82, 2.24) is 18.4 Å². The first kappa shape index (κ1) is 46.4. The lowest BCUT2D eigenvalue weighted by Gasteiger charge is -2.43. The quantitative estimate of drug-likeness (QED) is 0.146. The molecule has 0 bridgehead atoms. The third-order valence-electron chi connectivity index (χ3n) is 11.4. The zero-order valence-corrected chi connectivity index (χ0v) is 37.2. The van der Waals surface area contributed by atoms with Crippen LogP contribution in [0.25, 0.3) is 0 Å². The van der Waals surface area contributed by atoms with Crippen LogP contribution in [-0.2, 0) is 38.2 Å². The Kier molecular flexibility index (Phi) is 15.7. The fraction of sp³-hybridized carbons (Fsp3) is 0.409. The van der Waals surface area contributed by atoms with Crippen LogP contribution in [0.2, 0.25) is 0 Å². The van der Waals surface area contributed by atoms with E-state index in [9.17, 15) is 26.4 Å². The van der Waals surface area contributed by atoms with Crippen molar-refractivity contribution >= 4 is 43.5 Å². The number of carbonyl (C=O) groups is 2. The zero-order chi connectivity index (χ0) is 43.8. The summed E-state index contributed by atoms with van der Waals surface area (Å²) in [7, 11) is -2.11. The van der Waals surface area contributed by atoms with Gasteiger partial charge >= 0.3 is 26.4 Å². The Morgan fingerprint density at radius 3 is 1.23 bits per heavy atom. The number of esters is 1. The lowest BCUT2D eigenvalue weighted by Crippen LogP contribution is -2.59. The van der Waals surface area contributed by atoms with Crippen molar-refractivity contribution in [3.8, 4) is 0 Å². The summed E-state index contributed by atoms with van der Waals surface area (Å²) in [6, 6.07) is 32.5. The molecule has 16 heteroatoms. The molecule has 2 fully saturated rings. The van der Waals surface area contributed by atoms with E-state index >= 15 is 0 Å². The number of anilines is 2. The number of carbonyl (C=O) groups excluding carboxylic acids is 2. The fourth-order valence-electron chi connectivity index (χ4n) is 7.28. The summed E-state index contributed by atoms with van der Waals surface area (Å²) >= 11 is 0. The summed E-state index contributed by atoms with van der Waals surface area (Å²) < 4.78 is 65.4. The van der Waals surface area contributed by atoms with Gasteiger partial charge in [-0.25, -0.2) is 4.79 Å². The number of rotatable bonds is 13. The summed E-state index contributed by atoms with van der Waals surface area (Å²) in [5, 5.41) is 0. The highest BCUT2D eigenvalue weighted by atomic mass is 32.2. The van der Waals surface area contributed by atoms with Gasteiger partial charge in [0.25, 0.3) is 0 Å². The smallest absolute Gasteiger partial charge is 0.337 e. The molecule has 2 saturated heterocycles. The van der Waals surface area contributed by atoms with E-state index in [1.54, 1.807) is 81.4 Å². The number of nitrogens with zero attached hydrogens (tertiary/aromatic N) is 6. The number of para-hydroxylation sites is 2. The largest absolute Gasteiger partial charge is 0.465 e. The van der Waals surface area contributed by atoms with Crippen LogP contribution < -0.4 is 14.3 Å². The SMILES string of the molecule is COC(=O)c1ccc(CN(c2ccccc2)S(=O)(=O)N2C[C@@H](C)N(C)[C@@H](C)C2)cc1.C[C@@H]1CN(S(=O)(=O)N(Cc2ccc(C(=O)CN)cc2)c2ccccc2)C[C@H](C)N1C. The van der Waals surface area contributed by atoms with E-state index in [0.29, 0.717) is 48.7 Å². The molecule has 14 nitrogen and oxygen atoms in total. The number of nitrogens with two attached hydrogens (primary N) is 1. The fourth-order valence-corrected chi connectivity index (χ4v) is 10.9. The molecule has 0 unspecified atom stereocenters. The van der Waals surface area contributed by atoms with Gasteiger partial charge in [0.1, 0.15) is 0 Å². The Morgan fingerprint density at radius 1 is 0.583 bits per heavy atom. The number of likely N-dealkylation sites (N-methyl/N-ethyl adjacent to an activating group) is 2. The third-order valence-corrected chi connectivity index (χ3v) is 15.1. The summed E-state index contributed by atoms with van der Waals surface area (Å²) in [6.45, 7) is 10.2. The van der Waals surface area contributed by atoms with Gasteiger partial charge in [-0.1, -0.05) is 72.8 Å². The summed E-state index contributed by atoms with van der Waals surface area (Å²) in [6.07, 6.45) is 0. The van der Waals surface area contributed by atoms with E-state index in [1.807, 2.05) is 78.2 Å². The molecule has 4 aromatic rings. The maximum absolute atomic E-state index is 13.7. The van der Waals surface area contributed by atoms with Gasteiger partial charge in [-0.05, 0) is 89.3 Å². The van der Waals surface area contributed by atoms with Crippen LogP contribution in [0, 0.1) is 0 Å². The van der Waals surface area contributed by atoms with Crippen LogP contribution in [0.4, 0.5) is 11.4 Å². The van der Waals surface area contributed by atoms with Crippen molar-refractivity contribution < 1.29 is 31.2 Å². The normalized spacial score (nSPS) is 20.7. The van der Waals surface area contributed by atoms with Crippen molar-refractivity contribution in [2.24, 2.45) is 5.73 Å². The van der Waals surface area contributed by atoms with Crippen LogP contribution in [0.1, 0.15) is 59.5 Å². The first-order chi connectivity index (χ1) is 28.5. The van der Waals surface area contributed by atoms with Gasteiger partial charge in [-0.2, -0.15) is 25.4 Å². The highest BCUT2D eigenvalue weighted by molar-refractivity contribution is 7.90. The number of benzene rings is 4. The minimum atomic E-state index is -3.75. The van der Waals surface area contributed by atoms with Crippen LogP contribution >= 0.6 is 0 Å².